The average Bonchev–Trinajstić information content (AvgIpc) is 2.70. The van der Waals surface area contributed by atoms with Gasteiger partial charge >= 0.3 is 0 Å². The smallest absolute Gasteiger partial charge is 0.242 e. The molecule has 2 amide bonds. The second kappa shape index (κ2) is 10.4. The van der Waals surface area contributed by atoms with Gasteiger partial charge in [-0.1, -0.05) is 29.8 Å². The van der Waals surface area contributed by atoms with E-state index >= 15 is 0 Å². The fourth-order valence-corrected chi connectivity index (χ4v) is 2.77. The van der Waals surface area contributed by atoms with Crippen LogP contribution in [0, 0.1) is 12.7 Å². The van der Waals surface area contributed by atoms with E-state index < -0.39 is 6.04 Å². The topological polar surface area (TPSA) is 58.6 Å². The average molecular weight is 386 g/mol. The van der Waals surface area contributed by atoms with Crippen LogP contribution in [0.5, 0.6) is 5.75 Å². The van der Waals surface area contributed by atoms with Gasteiger partial charge in [0.1, 0.15) is 17.6 Å². The Morgan fingerprint density at radius 1 is 1.11 bits per heavy atom. The van der Waals surface area contributed by atoms with Gasteiger partial charge in [0.05, 0.1) is 6.61 Å². The molecule has 28 heavy (non-hydrogen) atoms. The first-order chi connectivity index (χ1) is 13.4. The van der Waals surface area contributed by atoms with Crippen LogP contribution in [0.1, 0.15) is 30.9 Å². The van der Waals surface area contributed by atoms with Crippen molar-refractivity contribution in [1.82, 2.24) is 10.2 Å². The Kier molecular flexibility index (Phi) is 7.99. The molecule has 6 heteroatoms. The molecule has 150 valence electrons. The fourth-order valence-electron chi connectivity index (χ4n) is 2.77. The maximum absolute atomic E-state index is 13.1. The number of ether oxygens (including phenoxy) is 1. The van der Waals surface area contributed by atoms with Crippen molar-refractivity contribution < 1.29 is 18.7 Å². The number of likely N-dealkylation sites (N-methyl/N-ethyl adjacent to an activating group) is 1. The highest BCUT2D eigenvalue weighted by atomic mass is 19.1. The summed E-state index contributed by atoms with van der Waals surface area (Å²) in [4.78, 5) is 26.3. The Morgan fingerprint density at radius 2 is 1.75 bits per heavy atom. The van der Waals surface area contributed by atoms with Crippen LogP contribution in [0.4, 0.5) is 4.39 Å². The fraction of sp³-hybridized carbons (Fsp3) is 0.364. The minimum atomic E-state index is -0.624. The van der Waals surface area contributed by atoms with Crippen molar-refractivity contribution in [3.63, 3.8) is 0 Å². The van der Waals surface area contributed by atoms with Crippen molar-refractivity contribution in [3.8, 4) is 5.75 Å². The Hall–Kier alpha value is -2.89. The summed E-state index contributed by atoms with van der Waals surface area (Å²) in [6, 6.07) is 13.0. The molecule has 2 aromatic carbocycles. The van der Waals surface area contributed by atoms with Gasteiger partial charge in [-0.25, -0.2) is 4.39 Å². The van der Waals surface area contributed by atoms with Gasteiger partial charge in [0, 0.05) is 20.0 Å². The van der Waals surface area contributed by atoms with Gasteiger partial charge in [-0.2, -0.15) is 0 Å². The number of carbonyl (C=O) groups is 2. The second-order valence-electron chi connectivity index (χ2n) is 6.70. The summed E-state index contributed by atoms with van der Waals surface area (Å²) in [5.41, 5.74) is 1.92. The van der Waals surface area contributed by atoms with E-state index in [0.717, 1.165) is 16.9 Å². The molecule has 5 nitrogen and oxygen atoms in total. The lowest BCUT2D eigenvalue weighted by atomic mass is 10.1. The molecule has 0 saturated heterocycles. The molecule has 2 rings (SSSR count). The molecule has 0 aliphatic rings. The first kappa shape index (κ1) is 21.4. The van der Waals surface area contributed by atoms with E-state index in [1.807, 2.05) is 31.2 Å². The number of carbonyl (C=O) groups excluding carboxylic acids is 2. The molecule has 0 heterocycles. The van der Waals surface area contributed by atoms with E-state index in [0.29, 0.717) is 13.0 Å². The van der Waals surface area contributed by atoms with E-state index in [1.54, 1.807) is 19.1 Å². The van der Waals surface area contributed by atoms with Crippen LogP contribution in [0.3, 0.4) is 0 Å². The molecule has 0 aromatic heterocycles. The molecule has 2 aromatic rings. The normalized spacial score (nSPS) is 11.6. The molecule has 0 saturated carbocycles. The number of halogens is 1. The Morgan fingerprint density at radius 3 is 2.36 bits per heavy atom. The molecule has 0 spiro atoms. The Bertz CT molecular complexity index is 775. The summed E-state index contributed by atoms with van der Waals surface area (Å²) < 4.78 is 18.8. The van der Waals surface area contributed by atoms with E-state index in [2.05, 4.69) is 5.32 Å². The van der Waals surface area contributed by atoms with Crippen LogP contribution < -0.4 is 10.1 Å². The Labute approximate surface area is 165 Å². The predicted molar refractivity (Wildman–Crippen MR) is 106 cm³/mol. The van der Waals surface area contributed by atoms with Gasteiger partial charge in [0.25, 0.3) is 0 Å². The number of rotatable bonds is 9. The van der Waals surface area contributed by atoms with E-state index in [-0.39, 0.29) is 30.6 Å². The molecular weight excluding hydrogens is 359 g/mol. The summed E-state index contributed by atoms with van der Waals surface area (Å²) >= 11 is 0. The molecule has 1 atom stereocenters. The van der Waals surface area contributed by atoms with Crippen molar-refractivity contribution >= 4 is 11.8 Å². The number of nitrogens with one attached hydrogen (secondary N) is 1. The number of amides is 2. The third kappa shape index (κ3) is 6.37. The molecular formula is C22H27FN2O3. The maximum atomic E-state index is 13.1. The molecule has 0 aliphatic heterocycles. The number of aryl methyl sites for hydroxylation is 1. The number of benzene rings is 2. The lowest BCUT2D eigenvalue weighted by Crippen LogP contribution is -2.46. The number of nitrogens with zero attached hydrogens (tertiary/aromatic N) is 1. The quantitative estimate of drug-likeness (QED) is 0.672. The molecule has 0 radical (unpaired) electrons. The lowest BCUT2D eigenvalue weighted by molar-refractivity contribution is -0.140. The molecule has 0 fully saturated rings. The zero-order chi connectivity index (χ0) is 20.5. The van der Waals surface area contributed by atoms with E-state index in [1.165, 1.54) is 24.1 Å². The number of hydrogen-bond donors (Lipinski definition) is 1. The summed E-state index contributed by atoms with van der Waals surface area (Å²) in [5.74, 6) is 0.0356. The van der Waals surface area contributed by atoms with Gasteiger partial charge in [-0.3, -0.25) is 9.59 Å². The SMILES string of the molecule is CNC(=O)C(C)N(Cc1ccc(F)cc1)C(=O)CCCOc1ccc(C)cc1. The minimum Gasteiger partial charge on any atom is -0.494 e. The van der Waals surface area contributed by atoms with Gasteiger partial charge in [0.15, 0.2) is 0 Å². The van der Waals surface area contributed by atoms with Crippen molar-refractivity contribution in [2.75, 3.05) is 13.7 Å². The highest BCUT2D eigenvalue weighted by molar-refractivity contribution is 5.87. The van der Waals surface area contributed by atoms with Crippen molar-refractivity contribution in [1.29, 1.82) is 0 Å². The molecule has 0 bridgehead atoms. The second-order valence-corrected chi connectivity index (χ2v) is 6.70. The third-order valence-corrected chi connectivity index (χ3v) is 4.50. The highest BCUT2D eigenvalue weighted by Gasteiger charge is 2.25. The highest BCUT2D eigenvalue weighted by Crippen LogP contribution is 2.14. The maximum Gasteiger partial charge on any atom is 0.242 e. The zero-order valence-electron chi connectivity index (χ0n) is 16.6. The summed E-state index contributed by atoms with van der Waals surface area (Å²) in [6.45, 7) is 4.34. The van der Waals surface area contributed by atoms with E-state index in [9.17, 15) is 14.0 Å². The summed E-state index contributed by atoms with van der Waals surface area (Å²) in [6.07, 6.45) is 0.793. The van der Waals surface area contributed by atoms with Crippen LogP contribution in [0.15, 0.2) is 48.5 Å². The summed E-state index contributed by atoms with van der Waals surface area (Å²) in [5, 5.41) is 2.57. The lowest BCUT2D eigenvalue weighted by Gasteiger charge is -2.28. The van der Waals surface area contributed by atoms with Crippen molar-refractivity contribution in [3.05, 3.63) is 65.5 Å². The van der Waals surface area contributed by atoms with Crippen LogP contribution in [0.25, 0.3) is 0 Å². The molecule has 1 N–H and O–H groups in total. The third-order valence-electron chi connectivity index (χ3n) is 4.50. The Balaban J connectivity index is 1.94. The zero-order valence-corrected chi connectivity index (χ0v) is 16.6. The van der Waals surface area contributed by atoms with Crippen molar-refractivity contribution in [2.45, 2.75) is 39.3 Å². The van der Waals surface area contributed by atoms with E-state index in [4.69, 9.17) is 4.74 Å². The van der Waals surface area contributed by atoms with Crippen LogP contribution in [-0.4, -0.2) is 36.4 Å². The van der Waals surface area contributed by atoms with Gasteiger partial charge in [-0.15, -0.1) is 0 Å². The predicted octanol–water partition coefficient (Wildman–Crippen LogP) is 3.46. The van der Waals surface area contributed by atoms with Crippen LogP contribution in [-0.2, 0) is 16.1 Å². The summed E-state index contributed by atoms with van der Waals surface area (Å²) in [7, 11) is 1.54. The first-order valence-corrected chi connectivity index (χ1v) is 9.35. The van der Waals surface area contributed by atoms with Gasteiger partial charge in [0.2, 0.25) is 11.8 Å². The van der Waals surface area contributed by atoms with Gasteiger partial charge in [-0.05, 0) is 50.1 Å². The van der Waals surface area contributed by atoms with Gasteiger partial charge < -0.3 is 15.0 Å². The largest absolute Gasteiger partial charge is 0.494 e. The van der Waals surface area contributed by atoms with Crippen LogP contribution >= 0.6 is 0 Å². The monoisotopic (exact) mass is 386 g/mol. The number of hydrogen-bond acceptors (Lipinski definition) is 3. The standard InChI is InChI=1S/C22H27FN2O3/c1-16-6-12-20(13-7-16)28-14-4-5-21(26)25(17(2)22(27)24-3)15-18-8-10-19(23)11-9-18/h6-13,17H,4-5,14-15H2,1-3H3,(H,24,27). The first-order valence-electron chi connectivity index (χ1n) is 9.35. The molecule has 0 aliphatic carbocycles. The molecule has 1 unspecified atom stereocenters. The minimum absolute atomic E-state index is 0.145. The van der Waals surface area contributed by atoms with Crippen molar-refractivity contribution in [2.24, 2.45) is 0 Å². The van der Waals surface area contributed by atoms with Crippen LogP contribution in [0.2, 0.25) is 0 Å².